The van der Waals surface area contributed by atoms with Crippen LogP contribution in [0.2, 0.25) is 0 Å². The largest absolute Gasteiger partial charge is 0.481 e. The molecule has 1 aliphatic rings. The number of hydrogen-bond acceptors (Lipinski definition) is 8. The highest BCUT2D eigenvalue weighted by Gasteiger charge is 2.35. The molecule has 0 unspecified atom stereocenters. The molecule has 264 valence electrons. The summed E-state index contributed by atoms with van der Waals surface area (Å²) in [5, 5.41) is 28.7. The Hall–Kier alpha value is -4.92. The SMILES string of the molecule is NC(=O)CC[C@H](NC(=O)[C@@H](NC(=O)CCC(=O)O)C1CCCCC1)C(=O)N[C@H](C(=O)N[C@@H](CS)C(=O)O)c1ccc(-c2ccccc2)cc1. The van der Waals surface area contributed by atoms with E-state index in [1.807, 2.05) is 30.3 Å². The van der Waals surface area contributed by atoms with Gasteiger partial charge in [-0.3, -0.25) is 28.8 Å². The third-order valence-corrected chi connectivity index (χ3v) is 8.66. The average molecular weight is 698 g/mol. The predicted octanol–water partition coefficient (Wildman–Crippen LogP) is 1.69. The van der Waals surface area contributed by atoms with Gasteiger partial charge in [-0.05, 0) is 41.9 Å². The van der Waals surface area contributed by atoms with Gasteiger partial charge in [-0.25, -0.2) is 4.79 Å². The lowest BCUT2D eigenvalue weighted by Crippen LogP contribution is -2.57. The maximum Gasteiger partial charge on any atom is 0.327 e. The number of nitrogens with one attached hydrogen (secondary N) is 4. The van der Waals surface area contributed by atoms with E-state index in [1.165, 1.54) is 0 Å². The van der Waals surface area contributed by atoms with E-state index in [0.717, 1.165) is 30.4 Å². The van der Waals surface area contributed by atoms with E-state index in [9.17, 15) is 38.7 Å². The zero-order valence-electron chi connectivity index (χ0n) is 26.9. The monoisotopic (exact) mass is 697 g/mol. The maximum absolute atomic E-state index is 13.8. The number of carbonyl (C=O) groups is 7. The minimum atomic E-state index is -1.42. The number of primary amides is 1. The van der Waals surface area contributed by atoms with Crippen molar-refractivity contribution in [1.82, 2.24) is 21.3 Å². The Morgan fingerprint density at radius 1 is 0.714 bits per heavy atom. The van der Waals surface area contributed by atoms with Gasteiger partial charge in [-0.2, -0.15) is 12.6 Å². The molecule has 2 aromatic rings. The van der Waals surface area contributed by atoms with E-state index in [4.69, 9.17) is 10.8 Å². The van der Waals surface area contributed by atoms with Gasteiger partial charge in [-0.15, -0.1) is 0 Å². The molecule has 8 N–H and O–H groups in total. The number of carbonyl (C=O) groups excluding carboxylic acids is 5. The molecule has 15 heteroatoms. The van der Waals surface area contributed by atoms with Crippen molar-refractivity contribution < 1.29 is 43.8 Å². The van der Waals surface area contributed by atoms with Gasteiger partial charge in [0.25, 0.3) is 0 Å². The number of amides is 5. The minimum Gasteiger partial charge on any atom is -0.481 e. The molecule has 49 heavy (non-hydrogen) atoms. The third kappa shape index (κ3) is 12.2. The topological polar surface area (TPSA) is 234 Å². The van der Waals surface area contributed by atoms with Crippen molar-refractivity contribution in [2.75, 3.05) is 5.75 Å². The Labute approximate surface area is 289 Å². The van der Waals surface area contributed by atoms with Crippen molar-refractivity contribution in [3.63, 3.8) is 0 Å². The summed E-state index contributed by atoms with van der Waals surface area (Å²) in [4.78, 5) is 88.0. The zero-order valence-corrected chi connectivity index (χ0v) is 27.8. The first-order valence-electron chi connectivity index (χ1n) is 16.1. The molecule has 0 radical (unpaired) electrons. The summed E-state index contributed by atoms with van der Waals surface area (Å²) in [7, 11) is 0. The standard InChI is InChI=1S/C34H43N5O9S/c35-26(40)16-15-24(36-32(45)29(22-9-5-2-6-10-22)38-27(41)17-18-28(42)43)31(44)39-30(33(46)37-25(19-49)34(47)48)23-13-11-21(12-14-23)20-7-3-1-4-8-20/h1,3-4,7-8,11-14,22,24-25,29-30,49H,2,5-6,9-10,15-19H2,(H2,35,40)(H,36,45)(H,37,46)(H,38,41)(H,39,44)(H,42,43)(H,47,48)/t24-,25-,29-,30-/m0/s1. The number of aliphatic carboxylic acids is 2. The second-order valence-corrected chi connectivity index (χ2v) is 12.3. The normalized spacial score (nSPS) is 15.4. The lowest BCUT2D eigenvalue weighted by molar-refractivity contribution is -0.141. The number of carboxylic acid groups (broad SMARTS) is 2. The first kappa shape index (κ1) is 38.5. The van der Waals surface area contributed by atoms with Crippen LogP contribution in [0, 0.1) is 5.92 Å². The van der Waals surface area contributed by atoms with Crippen LogP contribution in [0.1, 0.15) is 69.4 Å². The Kier molecular flexibility index (Phi) is 15.1. The van der Waals surface area contributed by atoms with Crippen molar-refractivity contribution >= 4 is 54.1 Å². The lowest BCUT2D eigenvalue weighted by Gasteiger charge is -2.31. The molecule has 0 aromatic heterocycles. The molecule has 0 spiro atoms. The molecule has 1 saturated carbocycles. The zero-order chi connectivity index (χ0) is 35.9. The lowest BCUT2D eigenvalue weighted by atomic mass is 9.83. The minimum absolute atomic E-state index is 0.229. The van der Waals surface area contributed by atoms with Gasteiger partial charge in [0.05, 0.1) is 6.42 Å². The summed E-state index contributed by atoms with van der Waals surface area (Å²) < 4.78 is 0. The van der Waals surface area contributed by atoms with Crippen molar-refractivity contribution in [2.24, 2.45) is 11.7 Å². The van der Waals surface area contributed by atoms with E-state index in [2.05, 4.69) is 33.9 Å². The molecule has 4 atom stereocenters. The fraction of sp³-hybridized carbons (Fsp3) is 0.441. The summed E-state index contributed by atoms with van der Waals surface area (Å²) in [6, 6.07) is 10.8. The average Bonchev–Trinajstić information content (AvgIpc) is 3.09. The molecule has 0 bridgehead atoms. The van der Waals surface area contributed by atoms with Crippen LogP contribution in [0.5, 0.6) is 0 Å². The molecule has 2 aromatic carbocycles. The third-order valence-electron chi connectivity index (χ3n) is 8.30. The number of hydrogen-bond donors (Lipinski definition) is 8. The van der Waals surface area contributed by atoms with Crippen molar-refractivity contribution in [3.8, 4) is 11.1 Å². The van der Waals surface area contributed by atoms with Crippen molar-refractivity contribution in [1.29, 1.82) is 0 Å². The first-order valence-corrected chi connectivity index (χ1v) is 16.7. The molecule has 1 aliphatic carbocycles. The molecule has 1 fully saturated rings. The summed E-state index contributed by atoms with van der Waals surface area (Å²) in [5.41, 5.74) is 7.38. The fourth-order valence-corrected chi connectivity index (χ4v) is 5.88. The van der Waals surface area contributed by atoms with Crippen molar-refractivity contribution in [3.05, 3.63) is 60.2 Å². The van der Waals surface area contributed by atoms with Crippen LogP contribution in [0.15, 0.2) is 54.6 Å². The van der Waals surface area contributed by atoms with Crippen LogP contribution in [0.3, 0.4) is 0 Å². The Bertz CT molecular complexity index is 1480. The number of thiol groups is 1. The number of rotatable bonds is 18. The van der Waals surface area contributed by atoms with Gasteiger partial charge in [0.1, 0.15) is 24.2 Å². The second-order valence-electron chi connectivity index (χ2n) is 11.9. The molecule has 14 nitrogen and oxygen atoms in total. The van der Waals surface area contributed by atoms with E-state index in [1.54, 1.807) is 24.3 Å². The number of carboxylic acids is 2. The maximum atomic E-state index is 13.8. The van der Waals surface area contributed by atoms with Gasteiger partial charge in [0.15, 0.2) is 0 Å². The highest BCUT2D eigenvalue weighted by Crippen LogP contribution is 2.27. The quantitative estimate of drug-likeness (QED) is 0.106. The first-order chi connectivity index (χ1) is 23.4. The van der Waals surface area contributed by atoms with E-state index in [-0.39, 0.29) is 30.9 Å². The van der Waals surface area contributed by atoms with Crippen LogP contribution in [0.25, 0.3) is 11.1 Å². The highest BCUT2D eigenvalue weighted by molar-refractivity contribution is 7.80. The Morgan fingerprint density at radius 2 is 1.33 bits per heavy atom. The van der Waals surface area contributed by atoms with Crippen molar-refractivity contribution in [2.45, 2.75) is 82.0 Å². The van der Waals surface area contributed by atoms with Gasteiger partial charge in [0, 0.05) is 18.6 Å². The summed E-state index contributed by atoms with van der Waals surface area (Å²) in [5.74, 6) is -6.83. The number of benzene rings is 2. The van der Waals surface area contributed by atoms with Gasteiger partial charge in [0.2, 0.25) is 29.5 Å². The van der Waals surface area contributed by atoms with Crippen LogP contribution in [-0.4, -0.2) is 75.6 Å². The summed E-state index contributed by atoms with van der Waals surface area (Å²) >= 11 is 4.00. The molecule has 3 rings (SSSR count). The fourth-order valence-electron chi connectivity index (χ4n) is 5.63. The molecular weight excluding hydrogens is 654 g/mol. The van der Waals surface area contributed by atoms with Gasteiger partial charge in [-0.1, -0.05) is 73.9 Å². The predicted molar refractivity (Wildman–Crippen MR) is 182 cm³/mol. The summed E-state index contributed by atoms with van der Waals surface area (Å²) in [6.45, 7) is 0. The molecule has 0 heterocycles. The summed E-state index contributed by atoms with van der Waals surface area (Å²) in [6.07, 6.45) is 2.49. The van der Waals surface area contributed by atoms with Gasteiger partial charge >= 0.3 is 11.9 Å². The van der Waals surface area contributed by atoms with Gasteiger partial charge < -0.3 is 37.2 Å². The smallest absolute Gasteiger partial charge is 0.327 e. The molecule has 0 aliphatic heterocycles. The molecule has 0 saturated heterocycles. The number of nitrogens with two attached hydrogens (primary N) is 1. The van der Waals surface area contributed by atoms with Crippen LogP contribution in [0.4, 0.5) is 0 Å². The Morgan fingerprint density at radius 3 is 1.90 bits per heavy atom. The second kappa shape index (κ2) is 19.2. The van der Waals surface area contributed by atoms with Crippen LogP contribution < -0.4 is 27.0 Å². The van der Waals surface area contributed by atoms with E-state index in [0.29, 0.717) is 18.4 Å². The molecular formula is C34H43N5O9S. The van der Waals surface area contributed by atoms with E-state index >= 15 is 0 Å². The van der Waals surface area contributed by atoms with E-state index < -0.39 is 72.1 Å². The molecule has 5 amide bonds. The van der Waals surface area contributed by atoms with Crippen LogP contribution >= 0.6 is 12.6 Å². The Balaban J connectivity index is 1.90. The highest BCUT2D eigenvalue weighted by atomic mass is 32.1. The van der Waals surface area contributed by atoms with Crippen LogP contribution in [-0.2, 0) is 33.6 Å².